The molecular formula is C17H34N2O2. The summed E-state index contributed by atoms with van der Waals surface area (Å²) in [6.45, 7) is 16.8. The first kappa shape index (κ1) is 19.7. The highest BCUT2D eigenvalue weighted by molar-refractivity contribution is 5.08. The van der Waals surface area contributed by atoms with Gasteiger partial charge >= 0.3 is 0 Å². The molecule has 4 nitrogen and oxygen atoms in total. The van der Waals surface area contributed by atoms with Crippen molar-refractivity contribution in [2.75, 3.05) is 0 Å². The Morgan fingerprint density at radius 1 is 0.762 bits per heavy atom. The Morgan fingerprint density at radius 3 is 1.29 bits per heavy atom. The molecule has 2 N–H and O–H groups in total. The molecule has 0 radical (unpaired) electrons. The summed E-state index contributed by atoms with van der Waals surface area (Å²) >= 11 is 0. The Balaban J connectivity index is 0.000000690. The zero-order valence-corrected chi connectivity index (χ0v) is 15.1. The van der Waals surface area contributed by atoms with E-state index in [1.807, 2.05) is 0 Å². The summed E-state index contributed by atoms with van der Waals surface area (Å²) in [7, 11) is 0. The van der Waals surface area contributed by atoms with E-state index in [9.17, 15) is 0 Å². The molecule has 0 aromatic rings. The van der Waals surface area contributed by atoms with Gasteiger partial charge in [-0.05, 0) is 41.5 Å². The fourth-order valence-electron chi connectivity index (χ4n) is 1.51. The van der Waals surface area contributed by atoms with Crippen LogP contribution >= 0.6 is 0 Å². The van der Waals surface area contributed by atoms with E-state index in [0.717, 1.165) is 0 Å². The van der Waals surface area contributed by atoms with E-state index in [4.69, 9.17) is 9.47 Å². The molecule has 4 heteroatoms. The number of nitrogens with one attached hydrogen (secondary N) is 2. The fraction of sp³-hybridized carbons (Fsp3) is 0.765. The largest absolute Gasteiger partial charge is 0.441 e. The van der Waals surface area contributed by atoms with Gasteiger partial charge in [0.2, 0.25) is 0 Å². The Morgan fingerprint density at radius 2 is 1.10 bits per heavy atom. The van der Waals surface area contributed by atoms with Crippen LogP contribution in [0.15, 0.2) is 24.3 Å². The monoisotopic (exact) mass is 298 g/mol. The fourth-order valence-corrected chi connectivity index (χ4v) is 1.51. The van der Waals surface area contributed by atoms with Gasteiger partial charge < -0.3 is 20.1 Å². The zero-order chi connectivity index (χ0) is 16.5. The van der Waals surface area contributed by atoms with Crippen molar-refractivity contribution in [2.45, 2.75) is 85.7 Å². The molecule has 1 aliphatic rings. The van der Waals surface area contributed by atoms with Crippen molar-refractivity contribution >= 4 is 0 Å². The first-order chi connectivity index (χ1) is 9.59. The first-order valence-corrected chi connectivity index (χ1v) is 7.88. The maximum Gasteiger partial charge on any atom is 0.254 e. The van der Waals surface area contributed by atoms with E-state index in [0.29, 0.717) is 11.8 Å². The third-order valence-electron chi connectivity index (χ3n) is 2.32. The maximum absolute atomic E-state index is 5.41. The van der Waals surface area contributed by atoms with Crippen molar-refractivity contribution in [1.29, 1.82) is 0 Å². The van der Waals surface area contributed by atoms with Gasteiger partial charge in [0.15, 0.2) is 0 Å². The summed E-state index contributed by atoms with van der Waals surface area (Å²) in [6, 6.07) is 0. The average Bonchev–Trinajstić information content (AvgIpc) is 2.30. The Hall–Kier alpha value is -1.32. The highest BCUT2D eigenvalue weighted by Gasteiger charge is 2.22. The van der Waals surface area contributed by atoms with Crippen LogP contribution in [-0.2, 0) is 9.47 Å². The summed E-state index contributed by atoms with van der Waals surface area (Å²) in [5.74, 6) is 1.23. The highest BCUT2D eigenvalue weighted by Crippen LogP contribution is 2.16. The predicted molar refractivity (Wildman–Crippen MR) is 89.3 cm³/mol. The van der Waals surface area contributed by atoms with Gasteiger partial charge in [0.25, 0.3) is 11.8 Å². The molecule has 0 saturated carbocycles. The maximum atomic E-state index is 5.41. The topological polar surface area (TPSA) is 42.5 Å². The smallest absolute Gasteiger partial charge is 0.254 e. The molecule has 0 spiro atoms. The minimum Gasteiger partial charge on any atom is -0.441 e. The van der Waals surface area contributed by atoms with Crippen molar-refractivity contribution in [3.63, 3.8) is 0 Å². The molecule has 0 amide bonds. The molecule has 0 aliphatic carbocycles. The SMILES string of the molecule is CC(C)(C)NC1=C(NC(C)(C)C)OC=CO1.CCCCC. The average molecular weight is 298 g/mol. The van der Waals surface area contributed by atoms with E-state index in [2.05, 4.69) is 66.0 Å². The van der Waals surface area contributed by atoms with E-state index in [1.54, 1.807) is 0 Å². The molecule has 0 fully saturated rings. The van der Waals surface area contributed by atoms with Crippen LogP contribution in [0.2, 0.25) is 0 Å². The lowest BCUT2D eigenvalue weighted by Crippen LogP contribution is -2.42. The van der Waals surface area contributed by atoms with Crippen molar-refractivity contribution < 1.29 is 9.47 Å². The molecule has 124 valence electrons. The summed E-state index contributed by atoms with van der Waals surface area (Å²) in [5.41, 5.74) is -0.149. The Kier molecular flexibility index (Phi) is 8.30. The quantitative estimate of drug-likeness (QED) is 0.795. The van der Waals surface area contributed by atoms with Gasteiger partial charge in [-0.3, -0.25) is 0 Å². The lowest BCUT2D eigenvalue weighted by Gasteiger charge is -2.29. The number of unbranched alkanes of at least 4 members (excludes halogenated alkanes) is 2. The third kappa shape index (κ3) is 11.1. The van der Waals surface area contributed by atoms with Crippen molar-refractivity contribution in [3.05, 3.63) is 24.3 Å². The molecule has 0 aromatic heterocycles. The van der Waals surface area contributed by atoms with Gasteiger partial charge in [-0.15, -0.1) is 0 Å². The summed E-state index contributed by atoms with van der Waals surface area (Å²) in [4.78, 5) is 0. The van der Waals surface area contributed by atoms with Crippen molar-refractivity contribution in [2.24, 2.45) is 0 Å². The summed E-state index contributed by atoms with van der Waals surface area (Å²) in [5, 5.41) is 6.50. The van der Waals surface area contributed by atoms with Gasteiger partial charge in [0.1, 0.15) is 12.5 Å². The minimum atomic E-state index is -0.0747. The standard InChI is InChI=1S/C12H22N2O2.C5H12/c1-11(2,3)13-9-10(14-12(4,5)6)16-8-7-15-9;1-3-5-4-2/h7-8,13-14H,1-6H3;3-5H2,1-2H3. The minimum absolute atomic E-state index is 0.0747. The van der Waals surface area contributed by atoms with Crippen molar-refractivity contribution in [1.82, 2.24) is 10.6 Å². The number of hydrogen-bond acceptors (Lipinski definition) is 4. The highest BCUT2D eigenvalue weighted by atomic mass is 16.6. The van der Waals surface area contributed by atoms with Gasteiger partial charge in [-0.2, -0.15) is 0 Å². The second kappa shape index (κ2) is 8.85. The van der Waals surface area contributed by atoms with E-state index < -0.39 is 0 Å². The van der Waals surface area contributed by atoms with Crippen LogP contribution in [0.3, 0.4) is 0 Å². The summed E-state index contributed by atoms with van der Waals surface area (Å²) in [6.07, 6.45) is 7.11. The molecule has 0 unspecified atom stereocenters. The Bertz CT molecular complexity index is 315. The third-order valence-corrected chi connectivity index (χ3v) is 2.32. The molecule has 1 rings (SSSR count). The van der Waals surface area contributed by atoms with Crippen LogP contribution in [0.5, 0.6) is 0 Å². The number of hydrogen-bond donors (Lipinski definition) is 2. The van der Waals surface area contributed by atoms with Gasteiger partial charge in [0.05, 0.1) is 0 Å². The van der Waals surface area contributed by atoms with Crippen LogP contribution in [0.4, 0.5) is 0 Å². The second-order valence-electron chi connectivity index (χ2n) is 7.27. The van der Waals surface area contributed by atoms with Crippen molar-refractivity contribution in [3.8, 4) is 0 Å². The van der Waals surface area contributed by atoms with Crippen LogP contribution in [0, 0.1) is 0 Å². The molecule has 1 aliphatic heterocycles. The van der Waals surface area contributed by atoms with E-state index >= 15 is 0 Å². The zero-order valence-electron chi connectivity index (χ0n) is 15.1. The molecule has 0 bridgehead atoms. The number of ether oxygens (including phenoxy) is 2. The molecule has 0 aromatic carbocycles. The summed E-state index contributed by atoms with van der Waals surface area (Å²) < 4.78 is 10.8. The van der Waals surface area contributed by atoms with Gasteiger partial charge in [-0.25, -0.2) is 0 Å². The normalized spacial score (nSPS) is 14.7. The van der Waals surface area contributed by atoms with Crippen LogP contribution < -0.4 is 10.6 Å². The second-order valence-corrected chi connectivity index (χ2v) is 7.27. The first-order valence-electron chi connectivity index (χ1n) is 7.88. The lowest BCUT2D eigenvalue weighted by atomic mass is 10.1. The predicted octanol–water partition coefficient (Wildman–Crippen LogP) is 4.60. The molecule has 1 heterocycles. The van der Waals surface area contributed by atoms with Crippen LogP contribution in [-0.4, -0.2) is 11.1 Å². The van der Waals surface area contributed by atoms with Crippen LogP contribution in [0.25, 0.3) is 0 Å². The molecule has 0 saturated heterocycles. The van der Waals surface area contributed by atoms with Crippen LogP contribution in [0.1, 0.15) is 74.7 Å². The molecule has 0 atom stereocenters. The van der Waals surface area contributed by atoms with Gasteiger partial charge in [-0.1, -0.05) is 33.1 Å². The van der Waals surface area contributed by atoms with Gasteiger partial charge in [0, 0.05) is 11.1 Å². The van der Waals surface area contributed by atoms with E-state index in [-0.39, 0.29) is 11.1 Å². The molecular weight excluding hydrogens is 264 g/mol. The molecule has 21 heavy (non-hydrogen) atoms. The van der Waals surface area contributed by atoms with E-state index in [1.165, 1.54) is 31.8 Å². The lowest BCUT2D eigenvalue weighted by molar-refractivity contribution is 0.163. The Labute approximate surface area is 131 Å². The number of rotatable bonds is 4.